The molecule has 2 atom stereocenters. The van der Waals surface area contributed by atoms with Crippen molar-refractivity contribution in [3.63, 3.8) is 0 Å². The van der Waals surface area contributed by atoms with Gasteiger partial charge in [-0.15, -0.1) is 13.2 Å². The maximum absolute atomic E-state index is 12.1. The number of hydrogen-bond acceptors (Lipinski definition) is 3. The van der Waals surface area contributed by atoms with Gasteiger partial charge in [-0.05, 0) is 12.1 Å². The molecule has 92 valence electrons. The molecule has 0 radical (unpaired) electrons. The van der Waals surface area contributed by atoms with Gasteiger partial charge in [0.25, 0.3) is 11.8 Å². The van der Waals surface area contributed by atoms with Crippen LogP contribution >= 0.6 is 0 Å². The molecule has 1 heterocycles. The minimum Gasteiger partial charge on any atom is -0.387 e. The molecule has 4 nitrogen and oxygen atoms in total. The van der Waals surface area contributed by atoms with Crippen LogP contribution in [0.5, 0.6) is 0 Å². The number of nitrogens with zero attached hydrogens (tertiary/aromatic N) is 1. The molecule has 0 fully saturated rings. The molecule has 0 aliphatic carbocycles. The Morgan fingerprint density at radius 3 is 1.94 bits per heavy atom. The van der Waals surface area contributed by atoms with E-state index < -0.39 is 24.0 Å². The summed E-state index contributed by atoms with van der Waals surface area (Å²) < 4.78 is 0. The van der Waals surface area contributed by atoms with Gasteiger partial charge in [0.2, 0.25) is 0 Å². The number of fused-ring (bicyclic) bond motifs is 1. The summed E-state index contributed by atoms with van der Waals surface area (Å²) >= 11 is 0. The minimum atomic E-state index is -1.02. The summed E-state index contributed by atoms with van der Waals surface area (Å²) in [4.78, 5) is 25.3. The molecule has 4 heteroatoms. The first-order valence-corrected chi connectivity index (χ1v) is 5.52. The van der Waals surface area contributed by atoms with Gasteiger partial charge in [-0.1, -0.05) is 24.3 Å². The number of carbonyl (C=O) groups is 2. The van der Waals surface area contributed by atoms with Gasteiger partial charge < -0.3 is 5.11 Å². The van der Waals surface area contributed by atoms with Gasteiger partial charge >= 0.3 is 0 Å². The van der Waals surface area contributed by atoms with Gasteiger partial charge in [0.15, 0.2) is 0 Å². The molecular formula is C14H13NO3. The van der Waals surface area contributed by atoms with E-state index in [1.165, 1.54) is 12.2 Å². The average molecular weight is 243 g/mol. The number of rotatable bonds is 4. The third kappa shape index (κ3) is 1.67. The summed E-state index contributed by atoms with van der Waals surface area (Å²) in [5.74, 6) is -0.831. The Balaban J connectivity index is 2.44. The normalized spacial score (nSPS) is 17.3. The van der Waals surface area contributed by atoms with Crippen LogP contribution in [0, 0.1) is 0 Å². The molecule has 1 aromatic rings. The van der Waals surface area contributed by atoms with Crippen LogP contribution in [0.1, 0.15) is 20.7 Å². The Labute approximate surface area is 105 Å². The zero-order valence-corrected chi connectivity index (χ0v) is 9.74. The highest BCUT2D eigenvalue weighted by Crippen LogP contribution is 2.26. The fourth-order valence-corrected chi connectivity index (χ4v) is 2.02. The lowest BCUT2D eigenvalue weighted by molar-refractivity contribution is 0.0502. The van der Waals surface area contributed by atoms with Crippen LogP contribution in [0.3, 0.4) is 0 Å². The first kappa shape index (κ1) is 12.3. The van der Waals surface area contributed by atoms with E-state index in [1.807, 2.05) is 0 Å². The lowest BCUT2D eigenvalue weighted by Crippen LogP contribution is -2.44. The molecular weight excluding hydrogens is 230 g/mol. The summed E-state index contributed by atoms with van der Waals surface area (Å²) in [6.45, 7) is 7.01. The smallest absolute Gasteiger partial charge is 0.262 e. The third-order valence-corrected chi connectivity index (χ3v) is 2.96. The maximum Gasteiger partial charge on any atom is 0.262 e. The lowest BCUT2D eigenvalue weighted by atomic mass is 10.1. The summed E-state index contributed by atoms with van der Waals surface area (Å²) in [6, 6.07) is 5.78. The Kier molecular flexibility index (Phi) is 3.12. The van der Waals surface area contributed by atoms with Crippen molar-refractivity contribution in [2.75, 3.05) is 0 Å². The van der Waals surface area contributed by atoms with E-state index in [2.05, 4.69) is 13.2 Å². The van der Waals surface area contributed by atoms with E-state index >= 15 is 0 Å². The Morgan fingerprint density at radius 2 is 1.56 bits per heavy atom. The van der Waals surface area contributed by atoms with Crippen molar-refractivity contribution in [3.05, 3.63) is 60.7 Å². The van der Waals surface area contributed by atoms with Crippen LogP contribution in [0.15, 0.2) is 49.6 Å². The highest BCUT2D eigenvalue weighted by atomic mass is 16.3. The summed E-state index contributed by atoms with van der Waals surface area (Å²) in [7, 11) is 0. The molecule has 2 rings (SSSR count). The predicted molar refractivity (Wildman–Crippen MR) is 67.1 cm³/mol. The number of aliphatic hydroxyl groups is 1. The van der Waals surface area contributed by atoms with Crippen molar-refractivity contribution in [1.82, 2.24) is 4.90 Å². The van der Waals surface area contributed by atoms with Crippen molar-refractivity contribution < 1.29 is 14.7 Å². The lowest BCUT2D eigenvalue weighted by Gasteiger charge is -2.25. The van der Waals surface area contributed by atoms with E-state index in [0.717, 1.165) is 4.90 Å². The van der Waals surface area contributed by atoms with Crippen molar-refractivity contribution >= 4 is 11.8 Å². The van der Waals surface area contributed by atoms with E-state index in [-0.39, 0.29) is 0 Å². The number of benzene rings is 1. The Bertz CT molecular complexity index is 501. The number of amides is 2. The molecule has 0 unspecified atom stereocenters. The van der Waals surface area contributed by atoms with Gasteiger partial charge in [-0.2, -0.15) is 0 Å². The van der Waals surface area contributed by atoms with Crippen LogP contribution in [0.25, 0.3) is 0 Å². The zero-order chi connectivity index (χ0) is 13.3. The number of carbonyl (C=O) groups excluding carboxylic acids is 2. The van der Waals surface area contributed by atoms with Crippen molar-refractivity contribution in [1.29, 1.82) is 0 Å². The summed E-state index contributed by atoms with van der Waals surface area (Å²) in [6.07, 6.45) is 1.62. The third-order valence-electron chi connectivity index (χ3n) is 2.96. The van der Waals surface area contributed by atoms with Gasteiger partial charge in [0.1, 0.15) is 0 Å². The topological polar surface area (TPSA) is 57.6 Å². The average Bonchev–Trinajstić information content (AvgIpc) is 2.65. The second-order valence-corrected chi connectivity index (χ2v) is 3.98. The highest BCUT2D eigenvalue weighted by molar-refractivity contribution is 6.21. The molecule has 0 saturated carbocycles. The maximum atomic E-state index is 12.1. The molecule has 1 aromatic carbocycles. The largest absolute Gasteiger partial charge is 0.387 e. The van der Waals surface area contributed by atoms with E-state index in [1.54, 1.807) is 24.3 Å². The molecule has 1 aliphatic heterocycles. The summed E-state index contributed by atoms with van der Waals surface area (Å²) in [5.41, 5.74) is 0.705. The van der Waals surface area contributed by atoms with Gasteiger partial charge in [-0.3, -0.25) is 14.5 Å². The van der Waals surface area contributed by atoms with Crippen LogP contribution in [-0.4, -0.2) is 34.0 Å². The monoisotopic (exact) mass is 243 g/mol. The quantitative estimate of drug-likeness (QED) is 0.642. The predicted octanol–water partition coefficient (Wildman–Crippen LogP) is 1.38. The second-order valence-electron chi connectivity index (χ2n) is 3.98. The highest BCUT2D eigenvalue weighted by Gasteiger charge is 2.40. The van der Waals surface area contributed by atoms with Gasteiger partial charge in [-0.25, -0.2) is 0 Å². The molecule has 0 spiro atoms. The van der Waals surface area contributed by atoms with E-state index in [0.29, 0.717) is 11.1 Å². The molecule has 18 heavy (non-hydrogen) atoms. The Morgan fingerprint density at radius 1 is 1.06 bits per heavy atom. The number of aliphatic hydroxyl groups excluding tert-OH is 1. The molecule has 0 saturated heterocycles. The molecule has 1 aliphatic rings. The zero-order valence-electron chi connectivity index (χ0n) is 9.74. The fraction of sp³-hybridized carbons (Fsp3) is 0.143. The molecule has 0 bridgehead atoms. The summed E-state index contributed by atoms with van der Waals surface area (Å²) in [5, 5.41) is 9.76. The standard InChI is InChI=1S/C14H13NO3/c1-3-11(12(16)4-2)15-13(17)9-7-5-6-8-10(9)14(15)18/h3-8,11-12,16H,1-2H2/t11-,12-/m1/s1. The van der Waals surface area contributed by atoms with E-state index in [4.69, 9.17) is 0 Å². The van der Waals surface area contributed by atoms with E-state index in [9.17, 15) is 14.7 Å². The van der Waals surface area contributed by atoms with Crippen molar-refractivity contribution in [3.8, 4) is 0 Å². The molecule has 0 aromatic heterocycles. The SMILES string of the molecule is C=C[C@@H](O)[C@@H](C=C)N1C(=O)c2ccccc2C1=O. The first-order chi connectivity index (χ1) is 8.61. The first-order valence-electron chi connectivity index (χ1n) is 5.52. The number of hydrogen-bond donors (Lipinski definition) is 1. The van der Waals surface area contributed by atoms with Gasteiger partial charge in [0.05, 0.1) is 23.3 Å². The van der Waals surface area contributed by atoms with Gasteiger partial charge in [0, 0.05) is 0 Å². The van der Waals surface area contributed by atoms with Crippen molar-refractivity contribution in [2.24, 2.45) is 0 Å². The van der Waals surface area contributed by atoms with Crippen LogP contribution < -0.4 is 0 Å². The second kappa shape index (κ2) is 4.58. The molecule has 2 amide bonds. The van der Waals surface area contributed by atoms with Crippen LogP contribution in [0.4, 0.5) is 0 Å². The van der Waals surface area contributed by atoms with Crippen LogP contribution in [-0.2, 0) is 0 Å². The fourth-order valence-electron chi connectivity index (χ4n) is 2.02. The molecule has 1 N–H and O–H groups in total. The van der Waals surface area contributed by atoms with Crippen molar-refractivity contribution in [2.45, 2.75) is 12.1 Å². The Hall–Kier alpha value is -2.20. The number of imide groups is 1. The minimum absolute atomic E-state index is 0.352. The van der Waals surface area contributed by atoms with Crippen LogP contribution in [0.2, 0.25) is 0 Å².